The molecule has 1 aliphatic rings. The minimum Gasteiger partial charge on any atom is -0.504 e. The van der Waals surface area contributed by atoms with E-state index in [0.29, 0.717) is 23.3 Å². The fraction of sp³-hybridized carbons (Fsp3) is 0.0667. The second-order valence-electron chi connectivity index (χ2n) is 4.72. The molecule has 6 heteroatoms. The van der Waals surface area contributed by atoms with Gasteiger partial charge in [0.15, 0.2) is 28.7 Å². The zero-order valence-electron chi connectivity index (χ0n) is 10.7. The monoisotopic (exact) mass is 288 g/mol. The number of rotatable bonds is 1. The number of phenols is 5. The van der Waals surface area contributed by atoms with Crippen LogP contribution in [0.15, 0.2) is 30.0 Å². The number of ether oxygens (including phenoxy) is 1. The fourth-order valence-corrected chi connectivity index (χ4v) is 2.19. The largest absolute Gasteiger partial charge is 0.504 e. The molecular weight excluding hydrogens is 276 g/mol. The summed E-state index contributed by atoms with van der Waals surface area (Å²) in [6.45, 7) is 0. The molecule has 0 saturated heterocycles. The lowest BCUT2D eigenvalue weighted by Crippen LogP contribution is -1.88. The lowest BCUT2D eigenvalue weighted by Gasteiger charge is -2.05. The smallest absolute Gasteiger partial charge is 0.201 e. The van der Waals surface area contributed by atoms with Crippen molar-refractivity contribution < 1.29 is 30.3 Å². The van der Waals surface area contributed by atoms with Crippen molar-refractivity contribution in [2.24, 2.45) is 0 Å². The minimum atomic E-state index is -0.588. The van der Waals surface area contributed by atoms with E-state index in [4.69, 9.17) is 4.74 Å². The zero-order chi connectivity index (χ0) is 15.1. The second-order valence-corrected chi connectivity index (χ2v) is 4.72. The molecule has 0 saturated carbocycles. The van der Waals surface area contributed by atoms with Crippen molar-refractivity contribution in [3.8, 4) is 34.5 Å². The second kappa shape index (κ2) is 4.52. The average molecular weight is 288 g/mol. The first-order valence-electron chi connectivity index (χ1n) is 6.13. The molecule has 0 fully saturated rings. The summed E-state index contributed by atoms with van der Waals surface area (Å²) in [6.07, 6.45) is 1.95. The van der Waals surface area contributed by atoms with Gasteiger partial charge in [-0.15, -0.1) is 0 Å². The number of allylic oxidation sites excluding steroid dienone is 1. The summed E-state index contributed by atoms with van der Waals surface area (Å²) < 4.78 is 5.46. The molecule has 108 valence electrons. The number of benzene rings is 2. The lowest BCUT2D eigenvalue weighted by molar-refractivity contribution is 0.367. The van der Waals surface area contributed by atoms with Crippen LogP contribution < -0.4 is 4.74 Å². The summed E-state index contributed by atoms with van der Waals surface area (Å²) in [5, 5.41) is 47.3. The number of aromatic hydroxyl groups is 5. The lowest BCUT2D eigenvalue weighted by atomic mass is 10.1. The molecule has 21 heavy (non-hydrogen) atoms. The first-order chi connectivity index (χ1) is 9.95. The maximum absolute atomic E-state index is 9.71. The van der Waals surface area contributed by atoms with Crippen molar-refractivity contribution in [2.75, 3.05) is 0 Å². The van der Waals surface area contributed by atoms with Crippen LogP contribution in [0, 0.1) is 0 Å². The normalized spacial score (nSPS) is 15.0. The molecule has 0 aliphatic carbocycles. The Morgan fingerprint density at radius 1 is 0.857 bits per heavy atom. The van der Waals surface area contributed by atoms with E-state index in [0.717, 1.165) is 0 Å². The highest BCUT2D eigenvalue weighted by atomic mass is 16.5. The van der Waals surface area contributed by atoms with Crippen LogP contribution in [0.5, 0.6) is 34.5 Å². The number of fused-ring (bicyclic) bond motifs is 1. The summed E-state index contributed by atoms with van der Waals surface area (Å²) in [6, 6.07) is 5.55. The van der Waals surface area contributed by atoms with Crippen LogP contribution in [0.25, 0.3) is 6.08 Å². The summed E-state index contributed by atoms with van der Waals surface area (Å²) in [4.78, 5) is 0. The van der Waals surface area contributed by atoms with Crippen molar-refractivity contribution >= 4 is 6.08 Å². The van der Waals surface area contributed by atoms with Crippen LogP contribution in [0.4, 0.5) is 0 Å². The molecule has 0 radical (unpaired) electrons. The Labute approximate surface area is 119 Å². The predicted molar refractivity (Wildman–Crippen MR) is 73.5 cm³/mol. The molecule has 2 aromatic carbocycles. The van der Waals surface area contributed by atoms with Gasteiger partial charge in [-0.1, -0.05) is 6.07 Å². The van der Waals surface area contributed by atoms with Gasteiger partial charge in [-0.25, -0.2) is 0 Å². The highest BCUT2D eigenvalue weighted by Crippen LogP contribution is 2.44. The molecule has 1 aliphatic heterocycles. The van der Waals surface area contributed by atoms with Gasteiger partial charge in [0.2, 0.25) is 5.75 Å². The summed E-state index contributed by atoms with van der Waals surface area (Å²) in [5.74, 6) is -1.42. The number of hydrogen-bond acceptors (Lipinski definition) is 6. The molecular formula is C15H12O6. The Morgan fingerprint density at radius 3 is 2.19 bits per heavy atom. The highest BCUT2D eigenvalue weighted by molar-refractivity contribution is 5.65. The Morgan fingerprint density at radius 2 is 1.52 bits per heavy atom. The van der Waals surface area contributed by atoms with Gasteiger partial charge >= 0.3 is 0 Å². The van der Waals surface area contributed by atoms with Crippen LogP contribution in [-0.4, -0.2) is 25.5 Å². The molecule has 3 rings (SSSR count). The summed E-state index contributed by atoms with van der Waals surface area (Å²) in [5.41, 5.74) is 1.14. The topological polar surface area (TPSA) is 110 Å². The van der Waals surface area contributed by atoms with E-state index in [1.807, 2.05) is 0 Å². The van der Waals surface area contributed by atoms with Crippen LogP contribution in [0.1, 0.15) is 11.1 Å². The van der Waals surface area contributed by atoms with E-state index in [1.54, 1.807) is 12.1 Å². The van der Waals surface area contributed by atoms with Crippen molar-refractivity contribution in [1.82, 2.24) is 0 Å². The number of hydrogen-bond donors (Lipinski definition) is 5. The van der Waals surface area contributed by atoms with E-state index in [9.17, 15) is 25.5 Å². The van der Waals surface area contributed by atoms with Crippen LogP contribution in [0.2, 0.25) is 0 Å². The maximum Gasteiger partial charge on any atom is 0.201 e. The van der Waals surface area contributed by atoms with E-state index in [1.165, 1.54) is 18.2 Å². The molecule has 0 amide bonds. The van der Waals surface area contributed by atoms with Crippen LogP contribution in [0.3, 0.4) is 0 Å². The molecule has 2 aromatic rings. The predicted octanol–water partition coefficient (Wildman–Crippen LogP) is 2.19. The van der Waals surface area contributed by atoms with Crippen LogP contribution >= 0.6 is 0 Å². The molecule has 1 heterocycles. The van der Waals surface area contributed by atoms with Gasteiger partial charge in [-0.2, -0.15) is 0 Å². The quantitative estimate of drug-likeness (QED) is 0.514. The first kappa shape index (κ1) is 13.0. The summed E-state index contributed by atoms with van der Waals surface area (Å²) in [7, 11) is 0. The van der Waals surface area contributed by atoms with Crippen molar-refractivity contribution in [3.63, 3.8) is 0 Å². The van der Waals surface area contributed by atoms with E-state index < -0.39 is 17.2 Å². The number of phenolic OH excluding ortho intramolecular Hbond substituents is 5. The molecule has 0 unspecified atom stereocenters. The van der Waals surface area contributed by atoms with E-state index in [2.05, 4.69) is 0 Å². The summed E-state index contributed by atoms with van der Waals surface area (Å²) >= 11 is 0. The molecule has 5 N–H and O–H groups in total. The van der Waals surface area contributed by atoms with Crippen molar-refractivity contribution in [3.05, 3.63) is 41.2 Å². The van der Waals surface area contributed by atoms with E-state index >= 15 is 0 Å². The van der Waals surface area contributed by atoms with Gasteiger partial charge in [0.1, 0.15) is 5.76 Å². The average Bonchev–Trinajstić information content (AvgIpc) is 2.84. The molecule has 0 bridgehead atoms. The van der Waals surface area contributed by atoms with E-state index in [-0.39, 0.29) is 17.2 Å². The van der Waals surface area contributed by atoms with Gasteiger partial charge < -0.3 is 30.3 Å². The van der Waals surface area contributed by atoms with Gasteiger partial charge in [-0.05, 0) is 29.8 Å². The molecule has 0 spiro atoms. The van der Waals surface area contributed by atoms with Gasteiger partial charge in [-0.3, -0.25) is 0 Å². The van der Waals surface area contributed by atoms with Crippen molar-refractivity contribution in [2.45, 2.75) is 6.42 Å². The highest BCUT2D eigenvalue weighted by Gasteiger charge is 2.23. The van der Waals surface area contributed by atoms with Gasteiger partial charge in [0.25, 0.3) is 0 Å². The third-order valence-electron chi connectivity index (χ3n) is 3.21. The van der Waals surface area contributed by atoms with Crippen LogP contribution in [-0.2, 0) is 6.42 Å². The van der Waals surface area contributed by atoms with Gasteiger partial charge in [0.05, 0.1) is 0 Å². The first-order valence-corrected chi connectivity index (χ1v) is 6.13. The Hall–Kier alpha value is -3.02. The molecule has 0 aromatic heterocycles. The van der Waals surface area contributed by atoms with Crippen molar-refractivity contribution in [1.29, 1.82) is 0 Å². The fourth-order valence-electron chi connectivity index (χ4n) is 2.19. The Kier molecular flexibility index (Phi) is 2.79. The maximum atomic E-state index is 9.71. The third kappa shape index (κ3) is 2.16. The van der Waals surface area contributed by atoms with Gasteiger partial charge in [0, 0.05) is 12.0 Å². The molecule has 6 nitrogen and oxygen atoms in total. The minimum absolute atomic E-state index is 0.188. The standard InChI is InChI=1S/C15H12O6/c16-10-2-1-8-6-9(21-15(8)14(10)20)3-7-4-11(17)13(19)12(18)5-7/h1-5,16-20H,6H2. The molecule has 0 atom stereocenters. The Balaban J connectivity index is 1.96. The SMILES string of the molecule is Oc1cc(C=C2Cc3ccc(O)c(O)c3O2)cc(O)c1O. The zero-order valence-corrected chi connectivity index (χ0v) is 10.7. The Bertz CT molecular complexity index is 740. The third-order valence-corrected chi connectivity index (χ3v) is 3.21.